The summed E-state index contributed by atoms with van der Waals surface area (Å²) in [6.45, 7) is 4.98. The maximum Gasteiger partial charge on any atom is 0.0933 e. The van der Waals surface area contributed by atoms with Gasteiger partial charge in [0.25, 0.3) is 0 Å². The molecule has 0 radical (unpaired) electrons. The Morgan fingerprint density at radius 3 is 2.56 bits per heavy atom. The van der Waals surface area contributed by atoms with Crippen molar-refractivity contribution in [1.82, 2.24) is 4.90 Å². The van der Waals surface area contributed by atoms with Crippen LogP contribution in [0.5, 0.6) is 0 Å². The molecule has 18 heavy (non-hydrogen) atoms. The van der Waals surface area contributed by atoms with Crippen LogP contribution in [0.25, 0.3) is 0 Å². The van der Waals surface area contributed by atoms with Gasteiger partial charge in [0.05, 0.1) is 19.3 Å². The predicted molar refractivity (Wildman–Crippen MR) is 70.5 cm³/mol. The number of rotatable bonds is 4. The molecule has 4 heteroatoms. The van der Waals surface area contributed by atoms with E-state index in [1.807, 2.05) is 0 Å². The maximum absolute atomic E-state index is 9.77. The zero-order chi connectivity index (χ0) is 13.0. The molecule has 2 N–H and O–H groups in total. The van der Waals surface area contributed by atoms with Crippen molar-refractivity contribution in [2.75, 3.05) is 32.9 Å². The van der Waals surface area contributed by atoms with Gasteiger partial charge in [-0.3, -0.25) is 4.90 Å². The highest BCUT2D eigenvalue weighted by Gasteiger charge is 2.36. The normalized spacial score (nSPS) is 33.5. The molecule has 2 aliphatic rings. The smallest absolute Gasteiger partial charge is 0.0933 e. The Labute approximate surface area is 110 Å². The Balaban J connectivity index is 1.96. The third-order valence-electron chi connectivity index (χ3n) is 4.63. The van der Waals surface area contributed by atoms with Gasteiger partial charge in [0.1, 0.15) is 0 Å². The average Bonchev–Trinajstić information content (AvgIpc) is 2.42. The molecule has 0 amide bonds. The molecule has 2 unspecified atom stereocenters. The average molecular weight is 257 g/mol. The lowest BCUT2D eigenvalue weighted by atomic mass is 9.74. The molecule has 0 aromatic heterocycles. The standard InChI is InChI=1S/C14H27NO3/c1-12-9-18-13(8-16)7-15(12)10-14(11-17)5-3-2-4-6-14/h12-13,16-17H,2-11H2,1H3. The highest BCUT2D eigenvalue weighted by Crippen LogP contribution is 2.37. The Kier molecular flexibility index (Phi) is 5.01. The van der Waals surface area contributed by atoms with E-state index in [4.69, 9.17) is 4.74 Å². The molecule has 1 saturated carbocycles. The molecular formula is C14H27NO3. The fourth-order valence-electron chi connectivity index (χ4n) is 3.30. The molecule has 2 fully saturated rings. The third kappa shape index (κ3) is 3.23. The van der Waals surface area contributed by atoms with Gasteiger partial charge in [-0.2, -0.15) is 0 Å². The monoisotopic (exact) mass is 257 g/mol. The van der Waals surface area contributed by atoms with Crippen LogP contribution in [0.4, 0.5) is 0 Å². The Morgan fingerprint density at radius 1 is 1.22 bits per heavy atom. The maximum atomic E-state index is 9.77. The molecule has 0 aromatic carbocycles. The van der Waals surface area contributed by atoms with Crippen LogP contribution < -0.4 is 0 Å². The molecule has 1 heterocycles. The number of nitrogens with zero attached hydrogens (tertiary/aromatic N) is 1. The highest BCUT2D eigenvalue weighted by atomic mass is 16.5. The zero-order valence-corrected chi connectivity index (χ0v) is 11.5. The van der Waals surface area contributed by atoms with Gasteiger partial charge in [-0.15, -0.1) is 0 Å². The van der Waals surface area contributed by atoms with Gasteiger partial charge < -0.3 is 14.9 Å². The molecule has 0 aromatic rings. The van der Waals surface area contributed by atoms with Gasteiger partial charge in [-0.05, 0) is 19.8 Å². The number of aliphatic hydroxyl groups is 2. The van der Waals surface area contributed by atoms with Crippen molar-refractivity contribution < 1.29 is 14.9 Å². The van der Waals surface area contributed by atoms with Crippen molar-refractivity contribution >= 4 is 0 Å². The lowest BCUT2D eigenvalue weighted by Crippen LogP contribution is -2.54. The van der Waals surface area contributed by atoms with E-state index in [0.717, 1.165) is 25.9 Å². The first-order chi connectivity index (χ1) is 8.69. The van der Waals surface area contributed by atoms with E-state index in [1.54, 1.807) is 0 Å². The number of aliphatic hydroxyl groups excluding tert-OH is 2. The Hall–Kier alpha value is -0.160. The second-order valence-electron chi connectivity index (χ2n) is 6.14. The second kappa shape index (κ2) is 6.33. The van der Waals surface area contributed by atoms with E-state index in [9.17, 15) is 10.2 Å². The van der Waals surface area contributed by atoms with Crippen LogP contribution in [0.15, 0.2) is 0 Å². The molecule has 1 aliphatic carbocycles. The van der Waals surface area contributed by atoms with E-state index in [0.29, 0.717) is 19.3 Å². The first-order valence-corrected chi connectivity index (χ1v) is 7.26. The van der Waals surface area contributed by atoms with Crippen molar-refractivity contribution in [2.24, 2.45) is 5.41 Å². The molecule has 0 bridgehead atoms. The second-order valence-corrected chi connectivity index (χ2v) is 6.14. The minimum Gasteiger partial charge on any atom is -0.396 e. The molecule has 1 aliphatic heterocycles. The van der Waals surface area contributed by atoms with Crippen molar-refractivity contribution in [1.29, 1.82) is 0 Å². The van der Waals surface area contributed by atoms with Crippen LogP contribution in [-0.2, 0) is 4.74 Å². The van der Waals surface area contributed by atoms with Crippen molar-refractivity contribution in [3.05, 3.63) is 0 Å². The summed E-state index contributed by atoms with van der Waals surface area (Å²) in [5, 5.41) is 19.0. The molecule has 2 rings (SSSR count). The number of hydrogen-bond acceptors (Lipinski definition) is 4. The van der Waals surface area contributed by atoms with Crippen LogP contribution in [0, 0.1) is 5.41 Å². The molecular weight excluding hydrogens is 230 g/mol. The molecule has 2 atom stereocenters. The predicted octanol–water partition coefficient (Wildman–Crippen LogP) is 1.01. The van der Waals surface area contributed by atoms with Crippen molar-refractivity contribution in [3.8, 4) is 0 Å². The molecule has 0 spiro atoms. The Bertz CT molecular complexity index is 253. The summed E-state index contributed by atoms with van der Waals surface area (Å²) in [4.78, 5) is 2.39. The number of ether oxygens (including phenoxy) is 1. The minimum atomic E-state index is -0.0551. The van der Waals surface area contributed by atoms with E-state index < -0.39 is 0 Å². The summed E-state index contributed by atoms with van der Waals surface area (Å²) < 4.78 is 5.57. The van der Waals surface area contributed by atoms with Gasteiger partial charge >= 0.3 is 0 Å². The van der Waals surface area contributed by atoms with Crippen molar-refractivity contribution in [2.45, 2.75) is 51.2 Å². The summed E-state index contributed by atoms with van der Waals surface area (Å²) in [6.07, 6.45) is 6.00. The van der Waals surface area contributed by atoms with Gasteiger partial charge in [0, 0.05) is 31.2 Å². The molecule has 4 nitrogen and oxygen atoms in total. The van der Waals surface area contributed by atoms with Crippen LogP contribution >= 0.6 is 0 Å². The van der Waals surface area contributed by atoms with Gasteiger partial charge in [-0.25, -0.2) is 0 Å². The lowest BCUT2D eigenvalue weighted by molar-refractivity contribution is -0.0955. The van der Waals surface area contributed by atoms with Crippen LogP contribution in [-0.4, -0.2) is 60.2 Å². The van der Waals surface area contributed by atoms with E-state index >= 15 is 0 Å². The van der Waals surface area contributed by atoms with Crippen LogP contribution in [0.3, 0.4) is 0 Å². The quantitative estimate of drug-likeness (QED) is 0.789. The first kappa shape index (κ1) is 14.3. The molecule has 106 valence electrons. The number of hydrogen-bond donors (Lipinski definition) is 2. The third-order valence-corrected chi connectivity index (χ3v) is 4.63. The summed E-state index contributed by atoms with van der Waals surface area (Å²) in [6, 6.07) is 0.387. The highest BCUT2D eigenvalue weighted by molar-refractivity contribution is 4.88. The lowest BCUT2D eigenvalue weighted by Gasteiger charge is -2.45. The van der Waals surface area contributed by atoms with E-state index in [1.165, 1.54) is 19.3 Å². The summed E-state index contributed by atoms with van der Waals surface area (Å²) in [5.41, 5.74) is 0.0872. The van der Waals surface area contributed by atoms with Crippen LogP contribution in [0.1, 0.15) is 39.0 Å². The number of morpholine rings is 1. The summed E-state index contributed by atoms with van der Waals surface area (Å²) in [7, 11) is 0. The van der Waals surface area contributed by atoms with Gasteiger partial charge in [0.15, 0.2) is 0 Å². The fourth-order valence-corrected chi connectivity index (χ4v) is 3.30. The Morgan fingerprint density at radius 2 is 1.94 bits per heavy atom. The van der Waals surface area contributed by atoms with E-state index in [-0.39, 0.29) is 18.1 Å². The first-order valence-electron chi connectivity index (χ1n) is 7.26. The van der Waals surface area contributed by atoms with Crippen LogP contribution in [0.2, 0.25) is 0 Å². The largest absolute Gasteiger partial charge is 0.396 e. The van der Waals surface area contributed by atoms with Gasteiger partial charge in [0.2, 0.25) is 0 Å². The van der Waals surface area contributed by atoms with Gasteiger partial charge in [-0.1, -0.05) is 19.3 Å². The SMILES string of the molecule is CC1COC(CO)CN1CC1(CO)CCCCC1. The van der Waals surface area contributed by atoms with Crippen molar-refractivity contribution in [3.63, 3.8) is 0 Å². The summed E-state index contributed by atoms with van der Waals surface area (Å²) >= 11 is 0. The van der Waals surface area contributed by atoms with E-state index in [2.05, 4.69) is 11.8 Å². The fraction of sp³-hybridized carbons (Fsp3) is 1.00. The zero-order valence-electron chi connectivity index (χ0n) is 11.5. The molecule has 1 saturated heterocycles. The topological polar surface area (TPSA) is 52.9 Å². The summed E-state index contributed by atoms with van der Waals surface area (Å²) in [5.74, 6) is 0. The minimum absolute atomic E-state index is 0.0551.